The molecule has 1 aromatic rings. The summed E-state index contributed by atoms with van der Waals surface area (Å²) in [5.74, 6) is 2.28. The number of anilines is 1. The van der Waals surface area contributed by atoms with Crippen LogP contribution in [-0.4, -0.2) is 50.5 Å². The van der Waals surface area contributed by atoms with Gasteiger partial charge in [-0.15, -0.1) is 0 Å². The lowest BCUT2D eigenvalue weighted by Crippen LogP contribution is -2.42. The molecule has 0 aromatic carbocycles. The highest BCUT2D eigenvalue weighted by Crippen LogP contribution is 2.55. The summed E-state index contributed by atoms with van der Waals surface area (Å²) in [6.07, 6.45) is 8.61. The van der Waals surface area contributed by atoms with Crippen LogP contribution in [0.3, 0.4) is 0 Å². The maximum atomic E-state index is 12.6. The minimum Gasteiger partial charge on any atom is -0.369 e. The Balaban J connectivity index is 1.26. The van der Waals surface area contributed by atoms with E-state index in [2.05, 4.69) is 14.6 Å². The monoisotopic (exact) mass is 391 g/mol. The Hall–Kier alpha value is -1.18. The molecule has 4 aliphatic rings. The van der Waals surface area contributed by atoms with Crippen molar-refractivity contribution in [2.45, 2.75) is 50.2 Å². The van der Waals surface area contributed by atoms with Crippen LogP contribution in [0.4, 0.5) is 5.82 Å². The summed E-state index contributed by atoms with van der Waals surface area (Å²) >= 11 is 0. The first-order chi connectivity index (χ1) is 13.0. The van der Waals surface area contributed by atoms with E-state index >= 15 is 0 Å². The lowest BCUT2D eigenvalue weighted by molar-refractivity contribution is 0.0142. The van der Waals surface area contributed by atoms with Crippen LogP contribution in [0.15, 0.2) is 24.4 Å². The van der Waals surface area contributed by atoms with Crippen LogP contribution in [0.1, 0.15) is 38.5 Å². The van der Waals surface area contributed by atoms with E-state index in [0.717, 1.165) is 44.6 Å². The molecule has 0 unspecified atom stereocenters. The molecule has 1 aromatic heterocycles. The van der Waals surface area contributed by atoms with Crippen molar-refractivity contribution < 1.29 is 13.2 Å². The second kappa shape index (κ2) is 6.71. The molecule has 6 nitrogen and oxygen atoms in total. The van der Waals surface area contributed by atoms with E-state index in [0.29, 0.717) is 24.1 Å². The number of fused-ring (bicyclic) bond motifs is 1. The van der Waals surface area contributed by atoms with Gasteiger partial charge in [0.15, 0.2) is 0 Å². The average Bonchev–Trinajstić information content (AvgIpc) is 3.41. The van der Waals surface area contributed by atoms with Gasteiger partial charge >= 0.3 is 0 Å². The number of hydrogen-bond donors (Lipinski definition) is 1. The van der Waals surface area contributed by atoms with Crippen molar-refractivity contribution in [3.05, 3.63) is 24.4 Å². The van der Waals surface area contributed by atoms with Gasteiger partial charge in [-0.25, -0.2) is 18.1 Å². The second-order valence-electron chi connectivity index (χ2n) is 8.88. The number of rotatable bonds is 6. The summed E-state index contributed by atoms with van der Waals surface area (Å²) < 4.78 is 34.5. The number of pyridine rings is 1. The summed E-state index contributed by atoms with van der Waals surface area (Å²) in [4.78, 5) is 6.81. The van der Waals surface area contributed by atoms with Crippen molar-refractivity contribution in [2.24, 2.45) is 17.8 Å². The fourth-order valence-corrected chi connectivity index (χ4v) is 7.47. The Kier molecular flexibility index (Phi) is 4.44. The molecule has 5 rings (SSSR count). The summed E-state index contributed by atoms with van der Waals surface area (Å²) in [6.45, 7) is 2.29. The van der Waals surface area contributed by atoms with Gasteiger partial charge in [-0.1, -0.05) is 18.9 Å². The largest absolute Gasteiger partial charge is 0.369 e. The number of hydrogen-bond acceptors (Lipinski definition) is 5. The normalized spacial score (nSPS) is 35.9. The van der Waals surface area contributed by atoms with E-state index in [-0.39, 0.29) is 17.6 Å². The summed E-state index contributed by atoms with van der Waals surface area (Å²) in [6, 6.07) is 5.99. The molecule has 4 fully saturated rings. The second-order valence-corrected chi connectivity index (χ2v) is 10.7. The highest BCUT2D eigenvalue weighted by atomic mass is 32.2. The molecule has 4 atom stereocenters. The fraction of sp³-hybridized carbons (Fsp3) is 0.750. The number of sulfonamides is 1. The molecule has 3 aliphatic heterocycles. The van der Waals surface area contributed by atoms with Gasteiger partial charge in [0.1, 0.15) is 5.82 Å². The summed E-state index contributed by atoms with van der Waals surface area (Å²) in [5, 5.41) is 0. The molecule has 3 saturated heterocycles. The molecule has 1 saturated carbocycles. The molecule has 2 bridgehead atoms. The van der Waals surface area contributed by atoms with E-state index in [1.54, 1.807) is 0 Å². The molecular formula is C20H29N3O3S. The first kappa shape index (κ1) is 17.9. The van der Waals surface area contributed by atoms with Gasteiger partial charge in [-0.3, -0.25) is 0 Å². The van der Waals surface area contributed by atoms with Gasteiger partial charge in [0.25, 0.3) is 0 Å². The molecule has 0 radical (unpaired) electrons. The molecule has 4 heterocycles. The van der Waals surface area contributed by atoms with Crippen LogP contribution >= 0.6 is 0 Å². The Morgan fingerprint density at radius 1 is 1.26 bits per heavy atom. The Morgan fingerprint density at radius 3 is 2.89 bits per heavy atom. The van der Waals surface area contributed by atoms with Crippen molar-refractivity contribution >= 4 is 15.8 Å². The van der Waals surface area contributed by atoms with Crippen LogP contribution in [0, 0.1) is 17.8 Å². The third kappa shape index (κ3) is 3.28. The van der Waals surface area contributed by atoms with Crippen molar-refractivity contribution in [1.82, 2.24) is 9.71 Å². The molecular weight excluding hydrogens is 362 g/mol. The predicted molar refractivity (Wildman–Crippen MR) is 104 cm³/mol. The first-order valence-corrected chi connectivity index (χ1v) is 12.0. The van der Waals surface area contributed by atoms with Crippen LogP contribution in [0.25, 0.3) is 0 Å². The Bertz CT molecular complexity index is 781. The van der Waals surface area contributed by atoms with Crippen LogP contribution in [0.5, 0.6) is 0 Å². The molecule has 7 heteroatoms. The summed E-state index contributed by atoms with van der Waals surface area (Å²) in [5.41, 5.74) is -0.107. The average molecular weight is 392 g/mol. The third-order valence-electron chi connectivity index (χ3n) is 7.23. The smallest absolute Gasteiger partial charge is 0.211 e. The van der Waals surface area contributed by atoms with Crippen molar-refractivity contribution in [1.29, 1.82) is 0 Å². The van der Waals surface area contributed by atoms with Gasteiger partial charge in [0.2, 0.25) is 10.0 Å². The maximum absolute atomic E-state index is 12.6. The molecule has 1 spiro atoms. The molecule has 27 heavy (non-hydrogen) atoms. The number of nitrogens with one attached hydrogen (secondary N) is 1. The van der Waals surface area contributed by atoms with Gasteiger partial charge in [0.05, 0.1) is 17.5 Å². The topological polar surface area (TPSA) is 71.5 Å². The minimum atomic E-state index is -3.20. The lowest BCUT2D eigenvalue weighted by Gasteiger charge is -2.29. The van der Waals surface area contributed by atoms with E-state index in [1.165, 1.54) is 12.8 Å². The van der Waals surface area contributed by atoms with Crippen molar-refractivity contribution in [2.75, 3.05) is 30.3 Å². The zero-order chi connectivity index (χ0) is 18.5. The van der Waals surface area contributed by atoms with Gasteiger partial charge in [0, 0.05) is 37.7 Å². The van der Waals surface area contributed by atoms with Gasteiger partial charge in [-0.05, 0) is 43.7 Å². The molecule has 0 amide bonds. The Morgan fingerprint density at radius 2 is 2.11 bits per heavy atom. The van der Waals surface area contributed by atoms with E-state index in [1.807, 2.05) is 24.4 Å². The third-order valence-corrected chi connectivity index (χ3v) is 8.74. The zero-order valence-electron chi connectivity index (χ0n) is 15.7. The van der Waals surface area contributed by atoms with Crippen LogP contribution in [-0.2, 0) is 14.8 Å². The van der Waals surface area contributed by atoms with Gasteiger partial charge in [-0.2, -0.15) is 0 Å². The predicted octanol–water partition coefficient (Wildman–Crippen LogP) is 2.17. The zero-order valence-corrected chi connectivity index (χ0v) is 16.5. The minimum absolute atomic E-state index is 0.107. The highest BCUT2D eigenvalue weighted by molar-refractivity contribution is 7.89. The first-order valence-electron chi connectivity index (χ1n) is 10.4. The van der Waals surface area contributed by atoms with Crippen LogP contribution < -0.4 is 9.62 Å². The summed E-state index contributed by atoms with van der Waals surface area (Å²) in [7, 11) is -3.20. The van der Waals surface area contributed by atoms with Crippen LogP contribution in [0.2, 0.25) is 0 Å². The Labute approximate surface area is 161 Å². The van der Waals surface area contributed by atoms with E-state index in [9.17, 15) is 8.42 Å². The fourth-order valence-electron chi connectivity index (χ4n) is 5.95. The number of aromatic nitrogens is 1. The maximum Gasteiger partial charge on any atom is 0.211 e. The van der Waals surface area contributed by atoms with E-state index in [4.69, 9.17) is 4.74 Å². The number of ether oxygens (including phenoxy) is 1. The molecule has 1 aliphatic carbocycles. The molecule has 1 N–H and O–H groups in total. The molecule has 148 valence electrons. The number of nitrogens with zero attached hydrogens (tertiary/aromatic N) is 2. The van der Waals surface area contributed by atoms with Gasteiger partial charge < -0.3 is 9.64 Å². The lowest BCUT2D eigenvalue weighted by atomic mass is 9.74. The standard InChI is InChI=1S/C20H29N3O3S/c24-27(25,13-15-5-1-2-6-15)22-11-16-17-12-23(19-7-3-4-10-21-19)14-20(17)9-8-18(16)26-20/h3-4,7,10,15-18,22H,1-2,5-6,8-9,11-14H2/t16-,17+,18+,20+/m0/s1. The van der Waals surface area contributed by atoms with Crippen molar-refractivity contribution in [3.8, 4) is 0 Å². The highest BCUT2D eigenvalue weighted by Gasteiger charge is 2.63. The quantitative estimate of drug-likeness (QED) is 0.805. The van der Waals surface area contributed by atoms with E-state index < -0.39 is 10.0 Å². The SMILES string of the molecule is O=S(=O)(CC1CCCC1)NC[C@H]1[C@H]2CN(c3ccccn3)C[C@]23CC[C@H]1O3. The van der Waals surface area contributed by atoms with Crippen molar-refractivity contribution in [3.63, 3.8) is 0 Å².